The maximum absolute atomic E-state index is 8.56. The molecule has 0 unspecified atom stereocenters. The fourth-order valence-electron chi connectivity index (χ4n) is 1.47. The van der Waals surface area contributed by atoms with Gasteiger partial charge < -0.3 is 20.4 Å². The molecule has 1 aliphatic heterocycles. The molecule has 0 amide bonds. The highest BCUT2D eigenvalue weighted by molar-refractivity contribution is 9.10. The molecule has 1 heterocycles. The minimum Gasteiger partial charge on any atom is -0.409 e. The van der Waals surface area contributed by atoms with Gasteiger partial charge in [0.05, 0.1) is 13.2 Å². The van der Waals surface area contributed by atoms with Crippen LogP contribution >= 0.6 is 15.9 Å². The number of halogens is 1. The van der Waals surface area contributed by atoms with E-state index in [9.17, 15) is 0 Å². The second kappa shape index (κ2) is 4.82. The number of nitrogens with two attached hydrogens (primary N) is 1. The Morgan fingerprint density at radius 1 is 1.44 bits per heavy atom. The first kappa shape index (κ1) is 11.4. The van der Waals surface area contributed by atoms with Gasteiger partial charge in [-0.05, 0) is 6.07 Å². The molecule has 0 radical (unpaired) electrons. The maximum Gasteiger partial charge on any atom is 0.185 e. The van der Waals surface area contributed by atoms with Gasteiger partial charge in [-0.3, -0.25) is 0 Å². The molecule has 86 valence electrons. The van der Waals surface area contributed by atoms with Gasteiger partial charge in [0.2, 0.25) is 0 Å². The summed E-state index contributed by atoms with van der Waals surface area (Å²) in [7, 11) is 0. The fraction of sp³-hybridized carbons (Fsp3) is 0.300. The monoisotopic (exact) mass is 286 g/mol. The lowest BCUT2D eigenvalue weighted by Gasteiger charge is -2.12. The smallest absolute Gasteiger partial charge is 0.185 e. The first-order valence-electron chi connectivity index (χ1n) is 4.73. The van der Waals surface area contributed by atoms with Gasteiger partial charge in [0, 0.05) is 15.6 Å². The van der Waals surface area contributed by atoms with Crippen molar-refractivity contribution in [2.45, 2.75) is 6.29 Å². The maximum atomic E-state index is 8.56. The third-order valence-corrected chi connectivity index (χ3v) is 2.97. The number of hydrogen-bond acceptors (Lipinski definition) is 4. The predicted molar refractivity (Wildman–Crippen MR) is 61.3 cm³/mol. The molecular formula is C10H11BrN2O3. The van der Waals surface area contributed by atoms with Crippen LogP contribution in [0.5, 0.6) is 0 Å². The Hall–Kier alpha value is -1.11. The second-order valence-electron chi connectivity index (χ2n) is 3.30. The number of nitrogens with zero attached hydrogens (tertiary/aromatic N) is 1. The van der Waals surface area contributed by atoms with Crippen molar-refractivity contribution >= 4 is 21.8 Å². The van der Waals surface area contributed by atoms with Crippen molar-refractivity contribution < 1.29 is 14.7 Å². The van der Waals surface area contributed by atoms with Gasteiger partial charge >= 0.3 is 0 Å². The van der Waals surface area contributed by atoms with Gasteiger partial charge in [-0.25, -0.2) is 0 Å². The largest absolute Gasteiger partial charge is 0.409 e. The lowest BCUT2D eigenvalue weighted by molar-refractivity contribution is -0.0446. The van der Waals surface area contributed by atoms with E-state index in [2.05, 4.69) is 21.1 Å². The van der Waals surface area contributed by atoms with Crippen molar-refractivity contribution in [1.82, 2.24) is 0 Å². The zero-order valence-electron chi connectivity index (χ0n) is 8.39. The van der Waals surface area contributed by atoms with E-state index in [4.69, 9.17) is 20.4 Å². The van der Waals surface area contributed by atoms with Crippen molar-refractivity contribution in [3.05, 3.63) is 33.8 Å². The van der Waals surface area contributed by atoms with Crippen LogP contribution in [-0.4, -0.2) is 24.3 Å². The molecule has 1 fully saturated rings. The number of amidine groups is 1. The van der Waals surface area contributed by atoms with E-state index >= 15 is 0 Å². The first-order valence-corrected chi connectivity index (χ1v) is 5.52. The molecule has 0 aromatic heterocycles. The SMILES string of the molecule is NC(=NO)c1ccc(C2OCCO2)c(Br)c1. The van der Waals surface area contributed by atoms with Crippen LogP contribution in [0, 0.1) is 0 Å². The lowest BCUT2D eigenvalue weighted by Crippen LogP contribution is -2.13. The van der Waals surface area contributed by atoms with E-state index in [0.29, 0.717) is 18.8 Å². The minimum atomic E-state index is -0.337. The van der Waals surface area contributed by atoms with E-state index in [-0.39, 0.29) is 12.1 Å². The topological polar surface area (TPSA) is 77.1 Å². The van der Waals surface area contributed by atoms with Crippen molar-refractivity contribution in [3.63, 3.8) is 0 Å². The molecule has 0 spiro atoms. The zero-order chi connectivity index (χ0) is 11.5. The van der Waals surface area contributed by atoms with Crippen LogP contribution in [0.25, 0.3) is 0 Å². The van der Waals surface area contributed by atoms with Crippen LogP contribution in [0.2, 0.25) is 0 Å². The highest BCUT2D eigenvalue weighted by Gasteiger charge is 2.20. The van der Waals surface area contributed by atoms with Crippen molar-refractivity contribution in [2.75, 3.05) is 13.2 Å². The summed E-state index contributed by atoms with van der Waals surface area (Å²) in [6.45, 7) is 1.19. The molecule has 1 aliphatic rings. The Morgan fingerprint density at radius 2 is 2.12 bits per heavy atom. The average molecular weight is 287 g/mol. The van der Waals surface area contributed by atoms with E-state index in [1.165, 1.54) is 0 Å². The molecule has 1 saturated heterocycles. The summed E-state index contributed by atoms with van der Waals surface area (Å²) in [5, 5.41) is 11.5. The number of hydrogen-bond donors (Lipinski definition) is 2. The van der Waals surface area contributed by atoms with Gasteiger partial charge in [-0.2, -0.15) is 0 Å². The van der Waals surface area contributed by atoms with Gasteiger partial charge in [0.15, 0.2) is 12.1 Å². The van der Waals surface area contributed by atoms with E-state index in [0.717, 1.165) is 10.0 Å². The van der Waals surface area contributed by atoms with Crippen LogP contribution in [0.15, 0.2) is 27.8 Å². The van der Waals surface area contributed by atoms with E-state index in [1.807, 2.05) is 6.07 Å². The second-order valence-corrected chi connectivity index (χ2v) is 4.15. The predicted octanol–water partition coefficient (Wildman–Crippen LogP) is 1.59. The summed E-state index contributed by atoms with van der Waals surface area (Å²) < 4.78 is 11.6. The first-order chi connectivity index (χ1) is 7.72. The molecule has 2 rings (SSSR count). The Labute approximate surface area is 101 Å². The van der Waals surface area contributed by atoms with Gasteiger partial charge in [0.25, 0.3) is 0 Å². The third-order valence-electron chi connectivity index (χ3n) is 2.28. The van der Waals surface area contributed by atoms with Crippen LogP contribution in [-0.2, 0) is 9.47 Å². The third kappa shape index (κ3) is 2.18. The molecule has 0 atom stereocenters. The molecule has 16 heavy (non-hydrogen) atoms. The highest BCUT2D eigenvalue weighted by atomic mass is 79.9. The summed E-state index contributed by atoms with van der Waals surface area (Å²) in [6.07, 6.45) is -0.337. The number of oxime groups is 1. The van der Waals surface area contributed by atoms with Crippen LogP contribution < -0.4 is 5.73 Å². The molecule has 0 bridgehead atoms. The van der Waals surface area contributed by atoms with Gasteiger partial charge in [-0.1, -0.05) is 33.2 Å². The summed E-state index contributed by atoms with van der Waals surface area (Å²) in [5.74, 6) is 0.0699. The molecule has 1 aromatic rings. The van der Waals surface area contributed by atoms with Crippen LogP contribution in [0.4, 0.5) is 0 Å². The summed E-state index contributed by atoms with van der Waals surface area (Å²) in [4.78, 5) is 0. The van der Waals surface area contributed by atoms with Crippen molar-refractivity contribution in [2.24, 2.45) is 10.9 Å². The van der Waals surface area contributed by atoms with E-state index in [1.54, 1.807) is 12.1 Å². The highest BCUT2D eigenvalue weighted by Crippen LogP contribution is 2.30. The summed E-state index contributed by atoms with van der Waals surface area (Å²) >= 11 is 3.40. The molecular weight excluding hydrogens is 276 g/mol. The van der Waals surface area contributed by atoms with Gasteiger partial charge in [0.1, 0.15) is 0 Å². The van der Waals surface area contributed by atoms with Gasteiger partial charge in [-0.15, -0.1) is 0 Å². The molecule has 0 saturated carbocycles. The van der Waals surface area contributed by atoms with Crippen molar-refractivity contribution in [1.29, 1.82) is 0 Å². The molecule has 6 heteroatoms. The Bertz CT molecular complexity index is 417. The number of ether oxygens (including phenoxy) is 2. The Balaban J connectivity index is 2.29. The Kier molecular flexibility index (Phi) is 3.42. The Morgan fingerprint density at radius 3 is 2.69 bits per heavy atom. The van der Waals surface area contributed by atoms with Crippen LogP contribution in [0.1, 0.15) is 17.4 Å². The van der Waals surface area contributed by atoms with E-state index < -0.39 is 0 Å². The zero-order valence-corrected chi connectivity index (χ0v) is 9.98. The quantitative estimate of drug-likeness (QED) is 0.375. The van der Waals surface area contributed by atoms with Crippen molar-refractivity contribution in [3.8, 4) is 0 Å². The fourth-order valence-corrected chi connectivity index (χ4v) is 2.04. The standard InChI is InChI=1S/C10H11BrN2O3/c11-8-5-6(9(12)13-14)1-2-7(8)10-15-3-4-16-10/h1-2,5,10,14H,3-4H2,(H2,12,13). The molecule has 1 aromatic carbocycles. The summed E-state index contributed by atoms with van der Waals surface area (Å²) in [5.41, 5.74) is 7.01. The molecule has 0 aliphatic carbocycles. The average Bonchev–Trinajstić information content (AvgIpc) is 2.81. The summed E-state index contributed by atoms with van der Waals surface area (Å²) in [6, 6.07) is 5.34. The normalized spacial score (nSPS) is 17.9. The van der Waals surface area contributed by atoms with Crippen LogP contribution in [0.3, 0.4) is 0 Å². The molecule has 3 N–H and O–H groups in total. The molecule has 5 nitrogen and oxygen atoms in total. The minimum absolute atomic E-state index is 0.0699. The lowest BCUT2D eigenvalue weighted by atomic mass is 10.1. The number of rotatable bonds is 2. The number of benzene rings is 1.